The molecule has 122 valence electrons. The number of hydrogen-bond donors (Lipinski definition) is 1. The average molecular weight is 336 g/mol. The van der Waals surface area contributed by atoms with E-state index in [9.17, 15) is 13.6 Å². The van der Waals surface area contributed by atoms with E-state index in [1.54, 1.807) is 11.3 Å². The summed E-state index contributed by atoms with van der Waals surface area (Å²) < 4.78 is 26.6. The molecular formula is C17H18F2N2OS. The Morgan fingerprint density at radius 1 is 1.26 bits per heavy atom. The van der Waals surface area contributed by atoms with E-state index in [1.165, 1.54) is 6.07 Å². The van der Waals surface area contributed by atoms with Gasteiger partial charge in [-0.3, -0.25) is 9.69 Å². The number of likely N-dealkylation sites (tertiary alicyclic amines) is 1. The fourth-order valence-electron chi connectivity index (χ4n) is 2.93. The standard InChI is InChI=1S/C17H18F2N2OS/c18-13-3-4-14(15(19)9-13)17(22)20-10-16(12-5-8-23-11-12)21-6-1-2-7-21/h3-5,8-9,11,16H,1-2,6-7,10H2,(H,20,22). The zero-order valence-electron chi connectivity index (χ0n) is 12.6. The van der Waals surface area contributed by atoms with Crippen molar-refractivity contribution in [3.8, 4) is 0 Å². The minimum Gasteiger partial charge on any atom is -0.350 e. The molecule has 1 fully saturated rings. The van der Waals surface area contributed by atoms with Crippen molar-refractivity contribution in [3.63, 3.8) is 0 Å². The summed E-state index contributed by atoms with van der Waals surface area (Å²) in [5.41, 5.74) is 1.04. The first kappa shape index (κ1) is 16.1. The lowest BCUT2D eigenvalue weighted by Crippen LogP contribution is -2.36. The third-order valence-electron chi connectivity index (χ3n) is 4.14. The van der Waals surface area contributed by atoms with Gasteiger partial charge in [0.25, 0.3) is 5.91 Å². The number of carbonyl (C=O) groups is 1. The van der Waals surface area contributed by atoms with E-state index in [2.05, 4.69) is 21.7 Å². The highest BCUT2D eigenvalue weighted by Crippen LogP contribution is 2.26. The van der Waals surface area contributed by atoms with Crippen LogP contribution in [0.4, 0.5) is 8.78 Å². The van der Waals surface area contributed by atoms with E-state index in [0.29, 0.717) is 6.54 Å². The normalized spacial score (nSPS) is 16.4. The largest absolute Gasteiger partial charge is 0.350 e. The van der Waals surface area contributed by atoms with Crippen LogP contribution in [-0.2, 0) is 0 Å². The zero-order valence-corrected chi connectivity index (χ0v) is 13.4. The summed E-state index contributed by atoms with van der Waals surface area (Å²) in [6.45, 7) is 2.41. The molecule has 0 spiro atoms. The summed E-state index contributed by atoms with van der Waals surface area (Å²) in [5.74, 6) is -2.04. The van der Waals surface area contributed by atoms with Crippen LogP contribution in [0.3, 0.4) is 0 Å². The van der Waals surface area contributed by atoms with Crippen LogP contribution >= 0.6 is 11.3 Å². The number of thiophene rings is 1. The van der Waals surface area contributed by atoms with E-state index < -0.39 is 17.5 Å². The van der Waals surface area contributed by atoms with Crippen molar-refractivity contribution in [1.82, 2.24) is 10.2 Å². The summed E-state index contributed by atoms with van der Waals surface area (Å²) in [5, 5.41) is 6.88. The minimum atomic E-state index is -0.837. The van der Waals surface area contributed by atoms with Gasteiger partial charge in [-0.2, -0.15) is 11.3 Å². The molecule has 2 heterocycles. The van der Waals surface area contributed by atoms with Crippen LogP contribution in [0.1, 0.15) is 34.8 Å². The van der Waals surface area contributed by atoms with Crippen LogP contribution in [0, 0.1) is 11.6 Å². The molecule has 2 aromatic rings. The predicted molar refractivity (Wildman–Crippen MR) is 86.6 cm³/mol. The van der Waals surface area contributed by atoms with Gasteiger partial charge in [0.15, 0.2) is 0 Å². The zero-order chi connectivity index (χ0) is 16.2. The van der Waals surface area contributed by atoms with Gasteiger partial charge in [-0.25, -0.2) is 8.78 Å². The number of rotatable bonds is 5. The van der Waals surface area contributed by atoms with E-state index >= 15 is 0 Å². The van der Waals surface area contributed by atoms with Gasteiger partial charge in [0.1, 0.15) is 11.6 Å². The maximum atomic E-state index is 13.7. The van der Waals surface area contributed by atoms with Crippen LogP contribution in [0.25, 0.3) is 0 Å². The Hall–Kier alpha value is -1.79. The highest BCUT2D eigenvalue weighted by Gasteiger charge is 2.24. The molecule has 23 heavy (non-hydrogen) atoms. The highest BCUT2D eigenvalue weighted by molar-refractivity contribution is 7.07. The number of amides is 1. The lowest BCUT2D eigenvalue weighted by atomic mass is 10.1. The van der Waals surface area contributed by atoms with Crippen molar-refractivity contribution in [3.05, 3.63) is 57.8 Å². The van der Waals surface area contributed by atoms with Gasteiger partial charge in [-0.05, 0) is 60.5 Å². The first-order chi connectivity index (χ1) is 11.1. The van der Waals surface area contributed by atoms with Crippen molar-refractivity contribution in [1.29, 1.82) is 0 Å². The Morgan fingerprint density at radius 2 is 2.04 bits per heavy atom. The van der Waals surface area contributed by atoms with E-state index in [1.807, 2.05) is 5.38 Å². The quantitative estimate of drug-likeness (QED) is 0.905. The second-order valence-electron chi connectivity index (χ2n) is 5.65. The van der Waals surface area contributed by atoms with Crippen molar-refractivity contribution in [2.75, 3.05) is 19.6 Å². The number of benzene rings is 1. The third-order valence-corrected chi connectivity index (χ3v) is 4.84. The molecule has 1 atom stereocenters. The van der Waals surface area contributed by atoms with E-state index in [-0.39, 0.29) is 11.6 Å². The molecule has 1 unspecified atom stereocenters. The van der Waals surface area contributed by atoms with Gasteiger partial charge in [0, 0.05) is 12.6 Å². The molecule has 0 radical (unpaired) electrons. The fourth-order valence-corrected chi connectivity index (χ4v) is 3.64. The molecule has 1 saturated heterocycles. The van der Waals surface area contributed by atoms with Crippen molar-refractivity contribution < 1.29 is 13.6 Å². The Labute approximate surface area is 137 Å². The summed E-state index contributed by atoms with van der Waals surface area (Å²) in [7, 11) is 0. The lowest BCUT2D eigenvalue weighted by Gasteiger charge is -2.27. The Kier molecular flexibility index (Phi) is 5.03. The average Bonchev–Trinajstić information content (AvgIpc) is 3.21. The first-order valence-electron chi connectivity index (χ1n) is 7.64. The molecule has 0 aliphatic carbocycles. The molecule has 3 nitrogen and oxygen atoms in total. The first-order valence-corrected chi connectivity index (χ1v) is 8.59. The second kappa shape index (κ2) is 7.19. The molecule has 0 bridgehead atoms. The molecule has 6 heteroatoms. The van der Waals surface area contributed by atoms with Gasteiger partial charge in [-0.15, -0.1) is 0 Å². The topological polar surface area (TPSA) is 32.3 Å². The monoisotopic (exact) mass is 336 g/mol. The summed E-state index contributed by atoms with van der Waals surface area (Å²) in [6.07, 6.45) is 2.31. The van der Waals surface area contributed by atoms with Gasteiger partial charge < -0.3 is 5.32 Å². The number of nitrogens with one attached hydrogen (secondary N) is 1. The molecule has 1 aliphatic rings. The van der Waals surface area contributed by atoms with Gasteiger partial charge in [-0.1, -0.05) is 0 Å². The minimum absolute atomic E-state index is 0.0937. The lowest BCUT2D eigenvalue weighted by molar-refractivity contribution is 0.0934. The van der Waals surface area contributed by atoms with Crippen molar-refractivity contribution in [2.24, 2.45) is 0 Å². The van der Waals surface area contributed by atoms with Gasteiger partial charge >= 0.3 is 0 Å². The van der Waals surface area contributed by atoms with Crippen molar-refractivity contribution >= 4 is 17.2 Å². The van der Waals surface area contributed by atoms with E-state index in [0.717, 1.165) is 43.6 Å². The summed E-state index contributed by atoms with van der Waals surface area (Å²) >= 11 is 1.62. The molecule has 1 N–H and O–H groups in total. The summed E-state index contributed by atoms with van der Waals surface area (Å²) in [6, 6.07) is 5.14. The number of nitrogens with zero attached hydrogens (tertiary/aromatic N) is 1. The Bertz CT molecular complexity index is 669. The molecule has 0 saturated carbocycles. The maximum Gasteiger partial charge on any atom is 0.254 e. The molecule has 1 aromatic heterocycles. The third kappa shape index (κ3) is 3.76. The molecule has 1 aliphatic heterocycles. The number of hydrogen-bond acceptors (Lipinski definition) is 3. The van der Waals surface area contributed by atoms with Crippen LogP contribution in [0.5, 0.6) is 0 Å². The van der Waals surface area contributed by atoms with Crippen LogP contribution < -0.4 is 5.32 Å². The Balaban J connectivity index is 1.69. The maximum absolute atomic E-state index is 13.7. The Morgan fingerprint density at radius 3 is 2.70 bits per heavy atom. The molecule has 3 rings (SSSR count). The van der Waals surface area contributed by atoms with Crippen LogP contribution in [-0.4, -0.2) is 30.4 Å². The van der Waals surface area contributed by atoms with Gasteiger partial charge in [0.05, 0.1) is 11.6 Å². The number of halogens is 2. The fraction of sp³-hybridized carbons (Fsp3) is 0.353. The molecule has 1 amide bonds. The second-order valence-corrected chi connectivity index (χ2v) is 6.43. The van der Waals surface area contributed by atoms with E-state index in [4.69, 9.17) is 0 Å². The molecule has 1 aromatic carbocycles. The SMILES string of the molecule is O=C(NCC(c1ccsc1)N1CCCC1)c1ccc(F)cc1F. The smallest absolute Gasteiger partial charge is 0.254 e. The molecular weight excluding hydrogens is 318 g/mol. The van der Waals surface area contributed by atoms with Crippen LogP contribution in [0.2, 0.25) is 0 Å². The van der Waals surface area contributed by atoms with Gasteiger partial charge in [0.2, 0.25) is 0 Å². The summed E-state index contributed by atoms with van der Waals surface area (Å²) in [4.78, 5) is 14.5. The number of carbonyl (C=O) groups excluding carboxylic acids is 1. The van der Waals surface area contributed by atoms with Crippen LogP contribution in [0.15, 0.2) is 35.0 Å². The highest BCUT2D eigenvalue weighted by atomic mass is 32.1. The predicted octanol–water partition coefficient (Wildman–Crippen LogP) is 3.59. The van der Waals surface area contributed by atoms with Crippen molar-refractivity contribution in [2.45, 2.75) is 18.9 Å².